The summed E-state index contributed by atoms with van der Waals surface area (Å²) in [5.74, 6) is 0.805. The molecule has 9 fully saturated rings. The van der Waals surface area contributed by atoms with Gasteiger partial charge in [-0.25, -0.2) is 28.4 Å². The Morgan fingerprint density at radius 1 is 0.341 bits per heavy atom. The van der Waals surface area contributed by atoms with Crippen molar-refractivity contribution in [3.05, 3.63) is 259 Å². The van der Waals surface area contributed by atoms with Crippen molar-refractivity contribution in [3.8, 4) is 0 Å². The first-order valence-electron chi connectivity index (χ1n) is 49.0. The van der Waals surface area contributed by atoms with Crippen LogP contribution in [0.3, 0.4) is 0 Å². The molecule has 17 aliphatic rings. The molecule has 8 unspecified atom stereocenters. The summed E-state index contributed by atoms with van der Waals surface area (Å²) in [6.45, 7) is 4.90. The van der Waals surface area contributed by atoms with E-state index in [4.69, 9.17) is 93.6 Å². The van der Waals surface area contributed by atoms with Crippen molar-refractivity contribution in [2.45, 2.75) is 242 Å². The third-order valence-electron chi connectivity index (χ3n) is 35.3. The van der Waals surface area contributed by atoms with E-state index in [1.54, 1.807) is 9.80 Å². The lowest BCUT2D eigenvalue weighted by atomic mass is 9.86. The highest BCUT2D eigenvalue weighted by Gasteiger charge is 2.65. The number of imide groups is 1. The Balaban J connectivity index is 0.000000139. The van der Waals surface area contributed by atoms with E-state index in [0.717, 1.165) is 149 Å². The zero-order chi connectivity index (χ0) is 95.0. The van der Waals surface area contributed by atoms with E-state index >= 15 is 8.42 Å². The number of ether oxygens (including phenoxy) is 4. The molecule has 0 spiro atoms. The largest absolute Gasteiger partial charge is 0.453 e. The molecule has 7 amide bonds. The SMILES string of the molecule is CC1(C)C(=O)N(Cl)C(=O)N1Cl.COC(=O)N1CC[C@]2(N=Nc3cccc4c3CC3N(C(=O)OC)CC[C@@]43N=N[C@]34CCCC3Cc3c(N=N[C@]56CCCC5Cc5ccccc56)cccc34)c3ccccc3CC12.COC(=O)N1CC[C@]2(N=Nc3cccc4c3CC3N(C(=O)OC)CC[C@@]43NS(=O)(=O)N[C@]34CCCC3Cc3c(N=N[C@]56CCCC5Cc5ccccc56)cccc34)c3ccccc3CC12. The van der Waals surface area contributed by atoms with Crippen LogP contribution in [0.5, 0.6) is 0 Å². The summed E-state index contributed by atoms with van der Waals surface area (Å²) in [6.07, 6.45) is 18.8. The smallest absolute Gasteiger partial charge is 0.409 e. The Morgan fingerprint density at radius 2 is 0.652 bits per heavy atom. The van der Waals surface area contributed by atoms with Crippen LogP contribution in [0.15, 0.2) is 221 Å². The average Bonchev–Trinajstić information content (AvgIpc) is 1.54. The van der Waals surface area contributed by atoms with E-state index in [-0.39, 0.29) is 53.4 Å². The molecular formula is C105H112Cl2N18O12S. The second-order valence-corrected chi connectivity index (χ2v) is 43.5. The lowest BCUT2D eigenvalue weighted by molar-refractivity contribution is -0.127. The number of hydrogen-bond donors (Lipinski definition) is 2. The number of methoxy groups -OCH3 is 4. The van der Waals surface area contributed by atoms with Crippen molar-refractivity contribution in [2.75, 3.05) is 54.6 Å². The molecule has 8 aromatic rings. The number of hydrogen-bond acceptors (Lipinski definition) is 22. The highest BCUT2D eigenvalue weighted by molar-refractivity contribution is 7.87. The van der Waals surface area contributed by atoms with Crippen LogP contribution >= 0.6 is 23.6 Å². The summed E-state index contributed by atoms with van der Waals surface area (Å²) >= 11 is 10.8. The number of likely N-dealkylation sites (tertiary alicyclic amines) is 4. The maximum Gasteiger partial charge on any atom is 0.409 e. The van der Waals surface area contributed by atoms with Crippen molar-refractivity contribution in [1.82, 2.24) is 37.9 Å². The third kappa shape index (κ3) is 13.4. The highest BCUT2D eigenvalue weighted by atomic mass is 35.5. The van der Waals surface area contributed by atoms with Gasteiger partial charge in [0.05, 0.1) is 86.4 Å². The van der Waals surface area contributed by atoms with Gasteiger partial charge in [0.15, 0.2) is 0 Å². The van der Waals surface area contributed by atoms with E-state index in [2.05, 4.69) is 113 Å². The molecule has 5 heterocycles. The molecule has 30 nitrogen and oxygen atoms in total. The van der Waals surface area contributed by atoms with Crippen molar-refractivity contribution in [2.24, 2.45) is 74.8 Å². The first-order valence-corrected chi connectivity index (χ1v) is 51.1. The molecule has 5 saturated heterocycles. The summed E-state index contributed by atoms with van der Waals surface area (Å²) in [7, 11) is 1.40. The number of benzene rings is 8. The predicted molar refractivity (Wildman–Crippen MR) is 512 cm³/mol. The first kappa shape index (κ1) is 90.1. The maximum atomic E-state index is 15.1. The van der Waals surface area contributed by atoms with Gasteiger partial charge in [-0.05, 0) is 279 Å². The molecule has 33 heteroatoms. The zero-order valence-electron chi connectivity index (χ0n) is 78.3. The molecular weight excluding hydrogens is 1810 g/mol. The fourth-order valence-electron chi connectivity index (χ4n) is 28.9. The number of nitrogens with zero attached hydrogens (tertiary/aromatic N) is 16. The minimum absolute atomic E-state index is 0.0518. The van der Waals surface area contributed by atoms with Crippen molar-refractivity contribution >= 4 is 92.8 Å². The molecule has 5 aliphatic heterocycles. The van der Waals surface area contributed by atoms with Gasteiger partial charge in [-0.1, -0.05) is 171 Å². The van der Waals surface area contributed by atoms with E-state index < -0.39 is 73.1 Å². The van der Waals surface area contributed by atoms with Crippen LogP contribution in [0.25, 0.3) is 0 Å². The van der Waals surface area contributed by atoms with Gasteiger partial charge in [0, 0.05) is 49.7 Å². The Morgan fingerprint density at radius 3 is 1.09 bits per heavy atom. The normalized spacial score (nSPS) is 32.0. The van der Waals surface area contributed by atoms with Crippen LogP contribution in [0.2, 0.25) is 0 Å². The average molecular weight is 1920 g/mol. The summed E-state index contributed by atoms with van der Waals surface area (Å²) in [4.78, 5) is 81.8. The lowest BCUT2D eigenvalue weighted by Gasteiger charge is -2.37. The second-order valence-electron chi connectivity index (χ2n) is 41.5. The Labute approximate surface area is 812 Å². The van der Waals surface area contributed by atoms with Crippen LogP contribution in [0.4, 0.5) is 46.7 Å². The van der Waals surface area contributed by atoms with E-state index in [1.165, 1.54) is 94.1 Å². The topological polar surface area (TPSA) is 341 Å². The van der Waals surface area contributed by atoms with Gasteiger partial charge in [0.1, 0.15) is 38.8 Å². The van der Waals surface area contributed by atoms with E-state index in [0.29, 0.717) is 118 Å². The summed E-state index contributed by atoms with van der Waals surface area (Å²) in [5, 5.41) is 52.3. The van der Waals surface area contributed by atoms with Crippen molar-refractivity contribution in [1.29, 1.82) is 0 Å². The van der Waals surface area contributed by atoms with Gasteiger partial charge >= 0.3 is 30.4 Å². The van der Waals surface area contributed by atoms with Crippen LogP contribution in [0, 0.1) is 23.7 Å². The van der Waals surface area contributed by atoms with Gasteiger partial charge in [0.25, 0.3) is 16.1 Å². The first-order chi connectivity index (χ1) is 66.8. The monoisotopic (exact) mass is 1920 g/mol. The standard InChI is InChI=1S/C50H54N8O6S.C50H52N8O4.C5H6Cl2N2O2/c1-63-45(59)57-25-23-49(38-16-6-4-12-32(38)28-43(49)57)54-52-42-20-8-18-40-36(42)30-44-50(40,24-26-58(44)46(60)64-2)56-65(61,62)55-48-22-10-14-34(48)29-35-39(48)17-7-19-41(35)51-53-47-21-9-13-33(47)27-31-11-3-5-15-37(31)47;1-61-45(59)57-25-23-49(38-16-6-4-12-32(38)28-43(49)57)54-52-42-20-8-18-40-36(42)30-44-50(40,24-26-58(44)46(60)62-2)56-55-48-22-10-14-34(48)29-35-39(48)17-7-19-41(35)51-53-47-21-9-13-33(47)27-31-11-3-5-15-37(31)47;1-5(2)3(10)8(6)4(11)9(5)7/h3-8,11-12,15-20,33-34,43-44,55-56H,9-10,13-14,21-30H2,1-2H3;3-8,11-12,15-20,33-34,43-44H,9-10,13-14,21-30H2,1-2H3;1-2H3/t2*33?,34?,43?,44?,47-,48-,49+,50-;/m11./s1. The molecule has 0 bridgehead atoms. The minimum atomic E-state index is -4.24. The van der Waals surface area contributed by atoms with Crippen LogP contribution in [-0.4, -0.2) is 157 Å². The van der Waals surface area contributed by atoms with E-state index in [1.807, 2.05) is 76.5 Å². The molecule has 8 aromatic carbocycles. The van der Waals surface area contributed by atoms with Gasteiger partial charge in [-0.3, -0.25) is 4.79 Å². The maximum absolute atomic E-state index is 15.1. The van der Waals surface area contributed by atoms with Crippen molar-refractivity contribution < 1.29 is 56.1 Å². The molecule has 25 rings (SSSR count). The summed E-state index contributed by atoms with van der Waals surface area (Å²) in [5.41, 5.74) is 15.1. The fraction of sp³-hybridized carbons (Fsp3) is 0.486. The molecule has 138 heavy (non-hydrogen) atoms. The number of halogens is 2. The number of carbonyl (C=O) groups is 6. The molecule has 4 saturated carbocycles. The number of carbonyl (C=O) groups excluding carboxylic acids is 6. The Kier molecular flexibility index (Phi) is 21.9. The zero-order valence-corrected chi connectivity index (χ0v) is 80.6. The fourth-order valence-corrected chi connectivity index (χ4v) is 31.1. The van der Waals surface area contributed by atoms with E-state index in [9.17, 15) is 28.8 Å². The number of nitrogens with one attached hydrogen (secondary N) is 2. The number of urea groups is 1. The number of rotatable bonds is 14. The quantitative estimate of drug-likeness (QED) is 0.0444. The molecule has 2 N–H and O–H groups in total. The molecule has 714 valence electrons. The molecule has 0 radical (unpaired) electrons. The minimum Gasteiger partial charge on any atom is -0.453 e. The number of azo groups is 5. The third-order valence-corrected chi connectivity index (χ3v) is 37.4. The van der Waals surface area contributed by atoms with Crippen LogP contribution < -0.4 is 9.44 Å². The molecule has 12 aliphatic carbocycles. The van der Waals surface area contributed by atoms with Crippen LogP contribution in [-0.2, 0) is 130 Å². The lowest BCUT2D eigenvalue weighted by Crippen LogP contribution is -2.59. The number of amides is 7. The molecule has 16 atom stereocenters. The predicted octanol–water partition coefficient (Wildman–Crippen LogP) is 20.7. The summed E-state index contributed by atoms with van der Waals surface area (Å²) < 4.78 is 58.9. The molecule has 0 aromatic heterocycles. The summed E-state index contributed by atoms with van der Waals surface area (Å²) in [6, 6.07) is 56.6. The second kappa shape index (κ2) is 33.5. The highest BCUT2D eigenvalue weighted by Crippen LogP contribution is 2.64. The van der Waals surface area contributed by atoms with Gasteiger partial charge in [0.2, 0.25) is 0 Å². The van der Waals surface area contributed by atoms with Crippen LogP contribution in [0.1, 0.15) is 206 Å². The van der Waals surface area contributed by atoms with Crippen molar-refractivity contribution in [3.63, 3.8) is 0 Å². The number of fused-ring (bicyclic) bond motifs is 24. The Bertz CT molecular complexity index is 6700. The van der Waals surface area contributed by atoms with Gasteiger partial charge < -0.3 is 38.5 Å². The van der Waals surface area contributed by atoms with Gasteiger partial charge in [-0.15, -0.1) is 0 Å². The van der Waals surface area contributed by atoms with Gasteiger partial charge in [-0.2, -0.15) is 73.4 Å². The Hall–Kier alpha value is -11.8.